The molecule has 0 aromatic carbocycles. The van der Waals surface area contributed by atoms with E-state index < -0.39 is 0 Å². The molecule has 0 aromatic rings. The molecule has 0 radical (unpaired) electrons. The van der Waals surface area contributed by atoms with Crippen LogP contribution in [-0.2, 0) is 0 Å². The van der Waals surface area contributed by atoms with Gasteiger partial charge in [0.25, 0.3) is 0 Å². The maximum Gasteiger partial charge on any atom is 0.0500 e. The fourth-order valence-electron chi connectivity index (χ4n) is 3.41. The zero-order valence-electron chi connectivity index (χ0n) is 12.0. The summed E-state index contributed by atoms with van der Waals surface area (Å²) < 4.78 is 0. The van der Waals surface area contributed by atoms with E-state index >= 15 is 0 Å². The van der Waals surface area contributed by atoms with Gasteiger partial charge >= 0.3 is 0 Å². The molecule has 0 spiro atoms. The molecule has 0 saturated carbocycles. The van der Waals surface area contributed by atoms with Gasteiger partial charge in [-0.25, -0.2) is 0 Å². The van der Waals surface area contributed by atoms with Crippen molar-refractivity contribution in [2.45, 2.75) is 90.9 Å². The van der Waals surface area contributed by atoms with Gasteiger partial charge in [0, 0.05) is 4.87 Å². The van der Waals surface area contributed by atoms with Crippen molar-refractivity contribution in [3.63, 3.8) is 0 Å². The van der Waals surface area contributed by atoms with Crippen molar-refractivity contribution in [2.75, 3.05) is 0 Å². The smallest absolute Gasteiger partial charge is 0.0500 e. The Morgan fingerprint density at radius 2 is 1.12 bits per heavy atom. The van der Waals surface area contributed by atoms with E-state index in [0.717, 1.165) is 6.42 Å². The molecule has 0 aliphatic heterocycles. The van der Waals surface area contributed by atoms with Gasteiger partial charge in [0.15, 0.2) is 0 Å². The first-order chi connectivity index (χ1) is 7.55. The summed E-state index contributed by atoms with van der Waals surface area (Å²) in [7, 11) is 0. The predicted octanol–water partition coefficient (Wildman–Crippen LogP) is 6.17. The largest absolute Gasteiger partial charge is 0.119 e. The van der Waals surface area contributed by atoms with Gasteiger partial charge < -0.3 is 0 Å². The highest BCUT2D eigenvalue weighted by Crippen LogP contribution is 2.51. The summed E-state index contributed by atoms with van der Waals surface area (Å²) >= 11 is 7.00. The van der Waals surface area contributed by atoms with Crippen LogP contribution in [0.1, 0.15) is 86.0 Å². The van der Waals surface area contributed by atoms with Crippen molar-refractivity contribution in [1.29, 1.82) is 0 Å². The second kappa shape index (κ2) is 7.58. The Labute approximate surface area is 108 Å². The van der Waals surface area contributed by atoms with Gasteiger partial charge in [0.05, 0.1) is 0 Å². The maximum absolute atomic E-state index is 7.00. The second-order valence-corrected chi connectivity index (χ2v) is 5.93. The Hall–Kier alpha value is 0.290. The third-order valence-corrected chi connectivity index (χ3v) is 5.15. The minimum atomic E-state index is 0.0303. The van der Waals surface area contributed by atoms with Crippen molar-refractivity contribution >= 4 is 11.6 Å². The summed E-state index contributed by atoms with van der Waals surface area (Å²) in [5.74, 6) is 0. The number of hydrogen-bond donors (Lipinski definition) is 0. The first-order valence-electron chi connectivity index (χ1n) is 7.24. The Bertz CT molecular complexity index is 170. The molecule has 0 aliphatic rings. The lowest BCUT2D eigenvalue weighted by Crippen LogP contribution is -2.43. The van der Waals surface area contributed by atoms with Crippen LogP contribution in [-0.4, -0.2) is 4.87 Å². The van der Waals surface area contributed by atoms with Crippen LogP contribution in [0.4, 0.5) is 0 Å². The summed E-state index contributed by atoms with van der Waals surface area (Å²) in [5, 5.41) is 0. The maximum atomic E-state index is 7.00. The molecule has 0 N–H and O–H groups in total. The number of halogens is 1. The highest BCUT2D eigenvalue weighted by molar-refractivity contribution is 6.24. The number of alkyl halides is 1. The van der Waals surface area contributed by atoms with E-state index in [0.29, 0.717) is 5.41 Å². The van der Waals surface area contributed by atoms with Crippen molar-refractivity contribution in [1.82, 2.24) is 0 Å². The van der Waals surface area contributed by atoms with Gasteiger partial charge in [-0.3, -0.25) is 0 Å². The van der Waals surface area contributed by atoms with E-state index in [1.165, 1.54) is 44.9 Å². The summed E-state index contributed by atoms with van der Waals surface area (Å²) in [6, 6.07) is 0. The minimum Gasteiger partial charge on any atom is -0.119 e. The molecule has 1 unspecified atom stereocenters. The highest BCUT2D eigenvalue weighted by atomic mass is 35.5. The second-order valence-electron chi connectivity index (χ2n) is 5.20. The average Bonchev–Trinajstić information content (AvgIpc) is 2.28. The number of hydrogen-bond acceptors (Lipinski definition) is 0. The molecule has 0 heterocycles. The van der Waals surface area contributed by atoms with E-state index in [1.54, 1.807) is 0 Å². The molecule has 0 nitrogen and oxygen atoms in total. The fourth-order valence-corrected chi connectivity index (χ4v) is 3.93. The molecule has 0 rings (SSSR count). The van der Waals surface area contributed by atoms with Crippen molar-refractivity contribution in [3.8, 4) is 0 Å². The van der Waals surface area contributed by atoms with E-state index in [1.807, 2.05) is 0 Å². The SMILES string of the molecule is CCCC(Cl)(CC)C(CC)(CCC)CCC. The topological polar surface area (TPSA) is 0 Å². The van der Waals surface area contributed by atoms with Gasteiger partial charge in [-0.2, -0.15) is 0 Å². The highest BCUT2D eigenvalue weighted by Gasteiger charge is 2.45. The van der Waals surface area contributed by atoms with Gasteiger partial charge in [0.1, 0.15) is 0 Å². The van der Waals surface area contributed by atoms with Crippen LogP contribution in [0.15, 0.2) is 0 Å². The van der Waals surface area contributed by atoms with E-state index in [9.17, 15) is 0 Å². The van der Waals surface area contributed by atoms with Gasteiger partial charge in [-0.05, 0) is 37.5 Å². The van der Waals surface area contributed by atoms with Crippen LogP contribution in [0.5, 0.6) is 0 Å². The molecule has 1 heteroatoms. The Morgan fingerprint density at radius 3 is 1.38 bits per heavy atom. The quantitative estimate of drug-likeness (QED) is 0.427. The van der Waals surface area contributed by atoms with Crippen molar-refractivity contribution < 1.29 is 0 Å². The number of rotatable bonds is 9. The summed E-state index contributed by atoms with van der Waals surface area (Å²) in [5.41, 5.74) is 0.364. The van der Waals surface area contributed by atoms with Crippen LogP contribution < -0.4 is 0 Å². The normalized spacial score (nSPS) is 16.1. The first-order valence-corrected chi connectivity index (χ1v) is 7.62. The van der Waals surface area contributed by atoms with Crippen LogP contribution in [0.3, 0.4) is 0 Å². The third kappa shape index (κ3) is 3.39. The van der Waals surface area contributed by atoms with Gasteiger partial charge in [-0.1, -0.05) is 53.9 Å². The fraction of sp³-hybridized carbons (Fsp3) is 1.00. The lowest BCUT2D eigenvalue weighted by molar-refractivity contribution is 0.128. The van der Waals surface area contributed by atoms with Crippen molar-refractivity contribution in [2.24, 2.45) is 5.41 Å². The Kier molecular flexibility index (Phi) is 7.72. The standard InChI is InChI=1S/C15H31Cl/c1-6-11-14(9-4,12-7-2)15(16,10-5)13-8-3/h6-13H2,1-5H3. The summed E-state index contributed by atoms with van der Waals surface area (Å²) in [4.78, 5) is 0.0303. The van der Waals surface area contributed by atoms with Gasteiger partial charge in [-0.15, -0.1) is 11.6 Å². The predicted molar refractivity (Wildman–Crippen MR) is 76.3 cm³/mol. The Balaban J connectivity index is 5.06. The van der Waals surface area contributed by atoms with E-state index in [-0.39, 0.29) is 4.87 Å². The van der Waals surface area contributed by atoms with Crippen molar-refractivity contribution in [3.05, 3.63) is 0 Å². The van der Waals surface area contributed by atoms with E-state index in [4.69, 9.17) is 11.6 Å². The molecule has 1 atom stereocenters. The molecule has 16 heavy (non-hydrogen) atoms. The van der Waals surface area contributed by atoms with Gasteiger partial charge in [0.2, 0.25) is 0 Å². The zero-order valence-corrected chi connectivity index (χ0v) is 12.8. The average molecular weight is 247 g/mol. The van der Waals surface area contributed by atoms with Crippen LogP contribution in [0, 0.1) is 5.41 Å². The zero-order chi connectivity index (χ0) is 12.7. The molecule has 0 saturated heterocycles. The molecule has 0 aliphatic carbocycles. The molecular formula is C15H31Cl. The molecular weight excluding hydrogens is 216 g/mol. The lowest BCUT2D eigenvalue weighted by Gasteiger charge is -2.47. The minimum absolute atomic E-state index is 0.0303. The summed E-state index contributed by atoms with van der Waals surface area (Å²) in [6.07, 6.45) is 9.79. The summed E-state index contributed by atoms with van der Waals surface area (Å²) in [6.45, 7) is 11.4. The Morgan fingerprint density at radius 1 is 0.688 bits per heavy atom. The molecule has 0 bridgehead atoms. The first kappa shape index (κ1) is 16.3. The third-order valence-electron chi connectivity index (χ3n) is 4.29. The van der Waals surface area contributed by atoms with Crippen LogP contribution in [0.2, 0.25) is 0 Å². The molecule has 0 fully saturated rings. The van der Waals surface area contributed by atoms with Crippen LogP contribution in [0.25, 0.3) is 0 Å². The lowest BCUT2D eigenvalue weighted by atomic mass is 9.64. The van der Waals surface area contributed by atoms with Crippen LogP contribution >= 0.6 is 11.6 Å². The van der Waals surface area contributed by atoms with E-state index in [2.05, 4.69) is 34.6 Å². The monoisotopic (exact) mass is 246 g/mol. The molecule has 0 amide bonds. The molecule has 98 valence electrons. The molecule has 0 aromatic heterocycles.